The van der Waals surface area contributed by atoms with Crippen LogP contribution < -0.4 is 10.6 Å². The van der Waals surface area contributed by atoms with Gasteiger partial charge in [0.1, 0.15) is 11.7 Å². The number of hydrogen-bond acceptors (Lipinski definition) is 6. The van der Waals surface area contributed by atoms with Crippen molar-refractivity contribution >= 4 is 28.9 Å². The van der Waals surface area contributed by atoms with E-state index in [9.17, 15) is 24.8 Å². The Labute approximate surface area is 166 Å². The summed E-state index contributed by atoms with van der Waals surface area (Å²) in [5, 5.41) is 26.4. The van der Waals surface area contributed by atoms with Crippen molar-refractivity contribution in [3.63, 3.8) is 0 Å². The number of anilines is 2. The van der Waals surface area contributed by atoms with Gasteiger partial charge in [-0.05, 0) is 37.1 Å². The smallest absolute Gasteiger partial charge is 0.326 e. The van der Waals surface area contributed by atoms with Crippen LogP contribution in [0.15, 0.2) is 48.5 Å². The van der Waals surface area contributed by atoms with Gasteiger partial charge in [-0.3, -0.25) is 14.9 Å². The second-order valence-electron chi connectivity index (χ2n) is 6.75. The highest BCUT2D eigenvalue weighted by Gasteiger charge is 2.32. The van der Waals surface area contributed by atoms with Crippen LogP contribution in [0.1, 0.15) is 23.2 Å². The van der Waals surface area contributed by atoms with Crippen LogP contribution in [-0.2, 0) is 9.53 Å². The standard InChI is InChI=1S/C20H21N3O6/c24-19(22-18(20(25)26)14-5-4-10-29-12-14)13-8-9-16(17(11-13)23(27)28)21-15-6-2-1-3-7-15/h1-3,6-9,11,14,18,21H,4-5,10,12H2,(H,22,24)(H,25,26). The summed E-state index contributed by atoms with van der Waals surface area (Å²) < 4.78 is 5.31. The lowest BCUT2D eigenvalue weighted by molar-refractivity contribution is -0.383. The zero-order chi connectivity index (χ0) is 20.8. The molecule has 1 fully saturated rings. The fourth-order valence-electron chi connectivity index (χ4n) is 3.24. The van der Waals surface area contributed by atoms with E-state index >= 15 is 0 Å². The first-order valence-corrected chi connectivity index (χ1v) is 9.17. The molecule has 1 saturated heterocycles. The van der Waals surface area contributed by atoms with Crippen LogP contribution in [0, 0.1) is 16.0 Å². The highest BCUT2D eigenvalue weighted by Crippen LogP contribution is 2.29. The predicted molar refractivity (Wildman–Crippen MR) is 105 cm³/mol. The Morgan fingerprint density at radius 1 is 1.21 bits per heavy atom. The lowest BCUT2D eigenvalue weighted by Crippen LogP contribution is -2.48. The Balaban J connectivity index is 1.80. The molecule has 2 aromatic carbocycles. The van der Waals surface area contributed by atoms with Crippen LogP contribution in [0.4, 0.5) is 17.1 Å². The van der Waals surface area contributed by atoms with Gasteiger partial charge < -0.3 is 20.5 Å². The Kier molecular flexibility index (Phi) is 6.40. The third kappa shape index (κ3) is 5.08. The van der Waals surface area contributed by atoms with Crippen LogP contribution in [0.25, 0.3) is 0 Å². The van der Waals surface area contributed by atoms with Crippen molar-refractivity contribution in [1.82, 2.24) is 5.32 Å². The maximum absolute atomic E-state index is 12.6. The van der Waals surface area contributed by atoms with Crippen molar-refractivity contribution in [2.45, 2.75) is 18.9 Å². The molecule has 9 nitrogen and oxygen atoms in total. The van der Waals surface area contributed by atoms with Crippen LogP contribution in [-0.4, -0.2) is 41.2 Å². The average molecular weight is 399 g/mol. The Hall–Kier alpha value is -3.46. The minimum Gasteiger partial charge on any atom is -0.480 e. The van der Waals surface area contributed by atoms with E-state index in [1.807, 2.05) is 6.07 Å². The lowest BCUT2D eigenvalue weighted by atomic mass is 9.93. The molecular formula is C20H21N3O6. The van der Waals surface area contributed by atoms with Crippen molar-refractivity contribution in [3.05, 3.63) is 64.2 Å². The van der Waals surface area contributed by atoms with Gasteiger partial charge >= 0.3 is 5.97 Å². The maximum Gasteiger partial charge on any atom is 0.326 e. The highest BCUT2D eigenvalue weighted by molar-refractivity contribution is 5.98. The van der Waals surface area contributed by atoms with Crippen molar-refractivity contribution in [2.24, 2.45) is 5.92 Å². The topological polar surface area (TPSA) is 131 Å². The van der Waals surface area contributed by atoms with E-state index in [1.54, 1.807) is 24.3 Å². The summed E-state index contributed by atoms with van der Waals surface area (Å²) in [7, 11) is 0. The molecule has 2 aromatic rings. The number of nitrogens with one attached hydrogen (secondary N) is 2. The number of aliphatic carboxylic acids is 1. The van der Waals surface area contributed by atoms with E-state index in [2.05, 4.69) is 10.6 Å². The van der Waals surface area contributed by atoms with E-state index in [-0.39, 0.29) is 29.5 Å². The van der Waals surface area contributed by atoms with E-state index in [0.29, 0.717) is 18.7 Å². The number of nitro benzene ring substituents is 1. The minimum atomic E-state index is -1.16. The molecule has 2 atom stereocenters. The first-order valence-electron chi connectivity index (χ1n) is 9.17. The molecule has 9 heteroatoms. The molecule has 1 aliphatic rings. The molecule has 0 bridgehead atoms. The largest absolute Gasteiger partial charge is 0.480 e. The van der Waals surface area contributed by atoms with Gasteiger partial charge in [0.15, 0.2) is 0 Å². The van der Waals surface area contributed by atoms with Gasteiger partial charge in [0, 0.05) is 29.8 Å². The van der Waals surface area contributed by atoms with Crippen molar-refractivity contribution in [1.29, 1.82) is 0 Å². The van der Waals surface area contributed by atoms with Gasteiger partial charge in [0.05, 0.1) is 11.5 Å². The second kappa shape index (κ2) is 9.16. The van der Waals surface area contributed by atoms with Gasteiger partial charge in [0.2, 0.25) is 0 Å². The molecule has 0 aromatic heterocycles. The summed E-state index contributed by atoms with van der Waals surface area (Å²) in [6, 6.07) is 11.8. The minimum absolute atomic E-state index is 0.0123. The number of carboxylic acid groups (broad SMARTS) is 1. The summed E-state index contributed by atoms with van der Waals surface area (Å²) >= 11 is 0. The van der Waals surface area contributed by atoms with Gasteiger partial charge in [-0.15, -0.1) is 0 Å². The number of carboxylic acids is 1. The number of hydrogen-bond donors (Lipinski definition) is 3. The summed E-state index contributed by atoms with van der Waals surface area (Å²) in [5.74, 6) is -2.19. The molecule has 1 amide bonds. The number of nitrogens with zero attached hydrogens (tertiary/aromatic N) is 1. The first kappa shape index (κ1) is 20.3. The molecule has 1 heterocycles. The van der Waals surface area contributed by atoms with Gasteiger partial charge in [-0.1, -0.05) is 18.2 Å². The Bertz CT molecular complexity index is 896. The number of para-hydroxylation sites is 1. The fourth-order valence-corrected chi connectivity index (χ4v) is 3.24. The van der Waals surface area contributed by atoms with Gasteiger partial charge in [0.25, 0.3) is 11.6 Å². The number of ether oxygens (including phenoxy) is 1. The van der Waals surface area contributed by atoms with E-state index < -0.39 is 22.8 Å². The Morgan fingerprint density at radius 2 is 1.97 bits per heavy atom. The third-order valence-electron chi connectivity index (χ3n) is 4.73. The summed E-state index contributed by atoms with van der Waals surface area (Å²) in [5.41, 5.74) is 0.622. The quantitative estimate of drug-likeness (QED) is 0.482. The number of carbonyl (C=O) groups excluding carboxylic acids is 1. The van der Waals surface area contributed by atoms with E-state index in [1.165, 1.54) is 12.1 Å². The molecule has 29 heavy (non-hydrogen) atoms. The number of amides is 1. The van der Waals surface area contributed by atoms with Crippen molar-refractivity contribution in [3.8, 4) is 0 Å². The first-order chi connectivity index (χ1) is 14.0. The predicted octanol–water partition coefficient (Wildman–Crippen LogP) is 2.95. The van der Waals surface area contributed by atoms with Crippen LogP contribution in [0.3, 0.4) is 0 Å². The molecule has 3 rings (SSSR count). The molecular weight excluding hydrogens is 378 g/mol. The average Bonchev–Trinajstić information content (AvgIpc) is 2.73. The summed E-state index contributed by atoms with van der Waals surface area (Å²) in [6.45, 7) is 0.816. The SMILES string of the molecule is O=C(NC(C(=O)O)C1CCCOC1)c1ccc(Nc2ccccc2)c([N+](=O)[O-])c1. The van der Waals surface area contributed by atoms with Crippen molar-refractivity contribution < 1.29 is 24.4 Å². The van der Waals surface area contributed by atoms with Crippen LogP contribution >= 0.6 is 0 Å². The van der Waals surface area contributed by atoms with Crippen molar-refractivity contribution in [2.75, 3.05) is 18.5 Å². The van der Waals surface area contributed by atoms with Gasteiger partial charge in [-0.2, -0.15) is 0 Å². The number of rotatable bonds is 7. The third-order valence-corrected chi connectivity index (χ3v) is 4.73. The summed E-state index contributed by atoms with van der Waals surface area (Å²) in [6.07, 6.45) is 1.34. The zero-order valence-corrected chi connectivity index (χ0v) is 15.5. The summed E-state index contributed by atoms with van der Waals surface area (Å²) in [4.78, 5) is 35.1. The van der Waals surface area contributed by atoms with Crippen LogP contribution in [0.2, 0.25) is 0 Å². The number of benzene rings is 2. The molecule has 2 unspecified atom stereocenters. The fraction of sp³-hybridized carbons (Fsp3) is 0.300. The molecule has 0 aliphatic carbocycles. The molecule has 0 spiro atoms. The van der Waals surface area contributed by atoms with Gasteiger partial charge in [-0.25, -0.2) is 4.79 Å². The van der Waals surface area contributed by atoms with Crippen LogP contribution in [0.5, 0.6) is 0 Å². The van der Waals surface area contributed by atoms with E-state index in [4.69, 9.17) is 4.74 Å². The monoisotopic (exact) mass is 399 g/mol. The molecule has 0 saturated carbocycles. The molecule has 0 radical (unpaired) electrons. The number of nitro groups is 1. The maximum atomic E-state index is 12.6. The Morgan fingerprint density at radius 3 is 2.59 bits per heavy atom. The zero-order valence-electron chi connectivity index (χ0n) is 15.5. The van der Waals surface area contributed by atoms with E-state index in [0.717, 1.165) is 12.5 Å². The highest BCUT2D eigenvalue weighted by atomic mass is 16.6. The molecule has 3 N–H and O–H groups in total. The lowest BCUT2D eigenvalue weighted by Gasteiger charge is -2.28. The second-order valence-corrected chi connectivity index (χ2v) is 6.75. The normalized spacial score (nSPS) is 17.2. The molecule has 152 valence electrons. The number of carbonyl (C=O) groups is 2. The molecule has 1 aliphatic heterocycles.